The summed E-state index contributed by atoms with van der Waals surface area (Å²) in [5.74, 6) is 0. The van der Waals surface area contributed by atoms with E-state index in [-0.39, 0.29) is 0 Å². The molecule has 0 aromatic heterocycles. The first-order valence-corrected chi connectivity index (χ1v) is 1.29. The molecule has 0 radical (unpaired) electrons. The Morgan fingerprint density at radius 2 is 1.40 bits per heavy atom. The van der Waals surface area contributed by atoms with Crippen LogP contribution in [0.2, 0.25) is 0 Å². The van der Waals surface area contributed by atoms with Crippen molar-refractivity contribution < 1.29 is 4.79 Å². The van der Waals surface area contributed by atoms with Crippen LogP contribution in [-0.4, -0.2) is 20.9 Å². The third-order valence-electron chi connectivity index (χ3n) is 0. The van der Waals surface area contributed by atoms with E-state index >= 15 is 0 Å². The summed E-state index contributed by atoms with van der Waals surface area (Å²) in [6.45, 7) is 2.00. The lowest BCUT2D eigenvalue weighted by atomic mass is 11.3. The molecule has 0 unspecified atom stereocenters. The van der Waals surface area contributed by atoms with Gasteiger partial charge in [-0.15, -0.1) is 0 Å². The first-order chi connectivity index (χ1) is 2.41. The van der Waals surface area contributed by atoms with Crippen molar-refractivity contribution in [3.63, 3.8) is 0 Å². The van der Waals surface area contributed by atoms with Gasteiger partial charge in [-0.3, -0.25) is 0 Å². The van der Waals surface area contributed by atoms with Gasteiger partial charge in [0.25, 0.3) is 0 Å². The van der Waals surface area contributed by atoms with Crippen LogP contribution in [0.25, 0.3) is 0 Å². The molecule has 0 bridgehead atoms. The molecule has 0 atom stereocenters. The number of hydrogen-bond donors (Lipinski definition) is 1. The molecule has 0 rings (SSSR count). The smallest absolute Gasteiger partial charge is 0.106 e. The number of rotatable bonds is 0. The van der Waals surface area contributed by atoms with Gasteiger partial charge in [0.2, 0.25) is 0 Å². The zero-order valence-electron chi connectivity index (χ0n) is 3.62. The minimum atomic E-state index is 1.88. The molecule has 0 saturated carbocycles. The third-order valence-corrected chi connectivity index (χ3v) is 0. The van der Waals surface area contributed by atoms with Crippen LogP contribution in [0.1, 0.15) is 0 Å². The summed E-state index contributed by atoms with van der Waals surface area (Å²) in [6.07, 6.45) is 0. The molecule has 0 fully saturated rings. The lowest BCUT2D eigenvalue weighted by Gasteiger charge is -1.59. The summed E-state index contributed by atoms with van der Waals surface area (Å²) in [7, 11) is 3.75. The van der Waals surface area contributed by atoms with Gasteiger partial charge in [-0.1, -0.05) is 0 Å². The van der Waals surface area contributed by atoms with Crippen LogP contribution >= 0.6 is 0 Å². The van der Waals surface area contributed by atoms with Crippen molar-refractivity contribution >= 4 is 6.79 Å². The predicted octanol–water partition coefficient (Wildman–Crippen LogP) is -0.349. The number of nitrogens with one attached hydrogen (secondary N) is 1. The molecule has 2 nitrogen and oxygen atoms in total. The number of hydrogen-bond acceptors (Lipinski definition) is 2. The second-order valence-electron chi connectivity index (χ2n) is 0.500. The van der Waals surface area contributed by atoms with Crippen molar-refractivity contribution in [1.82, 2.24) is 5.32 Å². The van der Waals surface area contributed by atoms with Crippen molar-refractivity contribution in [2.75, 3.05) is 14.1 Å². The first kappa shape index (κ1) is 8.82. The van der Waals surface area contributed by atoms with Gasteiger partial charge in [0.1, 0.15) is 6.79 Å². The van der Waals surface area contributed by atoms with E-state index in [0.717, 1.165) is 0 Å². The zero-order chi connectivity index (χ0) is 4.71. The van der Waals surface area contributed by atoms with Gasteiger partial charge in [0, 0.05) is 0 Å². The second kappa shape index (κ2) is 63.3. The summed E-state index contributed by atoms with van der Waals surface area (Å²) < 4.78 is 0. The van der Waals surface area contributed by atoms with Gasteiger partial charge in [-0.05, 0) is 14.1 Å². The first-order valence-electron chi connectivity index (χ1n) is 1.29. The zero-order valence-corrected chi connectivity index (χ0v) is 3.62. The van der Waals surface area contributed by atoms with Crippen molar-refractivity contribution in [1.29, 1.82) is 0 Å². The Labute approximate surface area is 32.2 Å². The molecule has 32 valence electrons. The van der Waals surface area contributed by atoms with Gasteiger partial charge in [-0.2, -0.15) is 0 Å². The maximum Gasteiger partial charge on any atom is 0.106 e. The standard InChI is InChI=1S/C2H7N.CH2O/c1-3-2;1-2/h3H,1-2H3;1H2. The average Bonchev–Trinajstić information content (AvgIpc) is 1.46. The molecule has 0 aromatic rings. The van der Waals surface area contributed by atoms with Crippen LogP contribution in [0.3, 0.4) is 0 Å². The molecule has 2 heteroatoms. The molecule has 0 saturated heterocycles. The fourth-order valence-electron chi connectivity index (χ4n) is 0. The van der Waals surface area contributed by atoms with Gasteiger partial charge in [0.05, 0.1) is 0 Å². The quantitative estimate of drug-likeness (QED) is 0.426. The molecular formula is C3H9NO. The molecule has 0 heterocycles. The number of carbonyl (C=O) groups is 1. The van der Waals surface area contributed by atoms with Gasteiger partial charge >= 0.3 is 0 Å². The highest BCUT2D eigenvalue weighted by atomic mass is 16.1. The Balaban J connectivity index is 0. The van der Waals surface area contributed by atoms with E-state index in [1.807, 2.05) is 20.9 Å². The minimum absolute atomic E-state index is 1.88. The van der Waals surface area contributed by atoms with Crippen LogP contribution in [0.5, 0.6) is 0 Å². The molecule has 0 aliphatic carbocycles. The fourth-order valence-corrected chi connectivity index (χ4v) is 0. The minimum Gasteiger partial charge on any atom is -0.323 e. The van der Waals surface area contributed by atoms with E-state index in [4.69, 9.17) is 4.79 Å². The third kappa shape index (κ3) is 70.4. The van der Waals surface area contributed by atoms with Crippen molar-refractivity contribution in [2.24, 2.45) is 0 Å². The Hall–Kier alpha value is -0.370. The molecule has 0 aliphatic heterocycles. The van der Waals surface area contributed by atoms with Crippen LogP contribution in [0.4, 0.5) is 0 Å². The van der Waals surface area contributed by atoms with E-state index in [1.54, 1.807) is 0 Å². The molecule has 1 N–H and O–H groups in total. The molecule has 0 amide bonds. The summed E-state index contributed by atoms with van der Waals surface area (Å²) in [6, 6.07) is 0. The highest BCUT2D eigenvalue weighted by Gasteiger charge is 1.25. The summed E-state index contributed by atoms with van der Waals surface area (Å²) in [5, 5.41) is 2.75. The maximum absolute atomic E-state index is 8.00. The maximum atomic E-state index is 8.00. The highest BCUT2D eigenvalue weighted by molar-refractivity contribution is 5.10. The molecule has 0 aromatic carbocycles. The van der Waals surface area contributed by atoms with E-state index < -0.39 is 0 Å². The summed E-state index contributed by atoms with van der Waals surface area (Å²) in [5.41, 5.74) is 0. The van der Waals surface area contributed by atoms with Crippen LogP contribution in [0.15, 0.2) is 0 Å². The van der Waals surface area contributed by atoms with E-state index in [2.05, 4.69) is 5.32 Å². The number of carbonyl (C=O) groups excluding carboxylic acids is 1. The van der Waals surface area contributed by atoms with E-state index in [1.165, 1.54) is 0 Å². The lowest BCUT2D eigenvalue weighted by molar-refractivity contribution is -0.0979. The van der Waals surface area contributed by atoms with E-state index in [0.29, 0.717) is 0 Å². The Bertz CT molecular complexity index is 10.9. The summed E-state index contributed by atoms with van der Waals surface area (Å²) >= 11 is 0. The molecule has 0 spiro atoms. The Morgan fingerprint density at radius 1 is 1.40 bits per heavy atom. The largest absolute Gasteiger partial charge is 0.323 e. The normalized spacial score (nSPS) is 4.40. The van der Waals surface area contributed by atoms with Gasteiger partial charge in [0.15, 0.2) is 0 Å². The van der Waals surface area contributed by atoms with Crippen molar-refractivity contribution in [3.05, 3.63) is 0 Å². The summed E-state index contributed by atoms with van der Waals surface area (Å²) in [4.78, 5) is 8.00. The lowest BCUT2D eigenvalue weighted by Crippen LogP contribution is -1.89. The molecular weight excluding hydrogens is 66.0 g/mol. The van der Waals surface area contributed by atoms with Crippen molar-refractivity contribution in [3.8, 4) is 0 Å². The van der Waals surface area contributed by atoms with Gasteiger partial charge < -0.3 is 10.1 Å². The van der Waals surface area contributed by atoms with Crippen LogP contribution in [-0.2, 0) is 4.79 Å². The Kier molecular flexibility index (Phi) is 112. The van der Waals surface area contributed by atoms with Crippen LogP contribution in [0, 0.1) is 0 Å². The SMILES string of the molecule is C=O.CNC. The van der Waals surface area contributed by atoms with Crippen LogP contribution < -0.4 is 5.32 Å². The monoisotopic (exact) mass is 75.1 g/mol. The second-order valence-corrected chi connectivity index (χ2v) is 0.500. The fraction of sp³-hybridized carbons (Fsp3) is 0.667. The van der Waals surface area contributed by atoms with E-state index in [9.17, 15) is 0 Å². The highest BCUT2D eigenvalue weighted by Crippen LogP contribution is 0.981. The topological polar surface area (TPSA) is 29.1 Å². The Morgan fingerprint density at radius 3 is 1.40 bits per heavy atom. The van der Waals surface area contributed by atoms with Crippen molar-refractivity contribution in [2.45, 2.75) is 0 Å². The molecule has 5 heavy (non-hydrogen) atoms. The predicted molar refractivity (Wildman–Crippen MR) is 22.1 cm³/mol. The van der Waals surface area contributed by atoms with Gasteiger partial charge in [-0.25, -0.2) is 0 Å². The molecule has 0 aliphatic rings. The average molecular weight is 75.1 g/mol.